The molecule has 0 saturated carbocycles. The van der Waals surface area contributed by atoms with E-state index in [1.807, 2.05) is 49.4 Å². The molecule has 2 nitrogen and oxygen atoms in total. The SMILES string of the molecule is CCOc1ccccc1C(Cl)c1ccc(OC)c(Cl)c1. The smallest absolute Gasteiger partial charge is 0.137 e. The van der Waals surface area contributed by atoms with Crippen molar-refractivity contribution in [3.8, 4) is 11.5 Å². The van der Waals surface area contributed by atoms with E-state index in [9.17, 15) is 0 Å². The van der Waals surface area contributed by atoms with Gasteiger partial charge in [0.1, 0.15) is 11.5 Å². The minimum absolute atomic E-state index is 0.318. The van der Waals surface area contributed by atoms with E-state index in [4.69, 9.17) is 32.7 Å². The first kappa shape index (κ1) is 15.0. The van der Waals surface area contributed by atoms with Crippen molar-refractivity contribution in [1.29, 1.82) is 0 Å². The van der Waals surface area contributed by atoms with Gasteiger partial charge < -0.3 is 9.47 Å². The highest BCUT2D eigenvalue weighted by molar-refractivity contribution is 6.32. The molecule has 2 rings (SSSR count). The molecule has 0 heterocycles. The lowest BCUT2D eigenvalue weighted by molar-refractivity contribution is 0.337. The maximum atomic E-state index is 6.56. The molecule has 20 heavy (non-hydrogen) atoms. The topological polar surface area (TPSA) is 18.5 Å². The Morgan fingerprint density at radius 2 is 1.85 bits per heavy atom. The van der Waals surface area contributed by atoms with Crippen LogP contribution in [-0.4, -0.2) is 13.7 Å². The van der Waals surface area contributed by atoms with Gasteiger partial charge >= 0.3 is 0 Å². The van der Waals surface area contributed by atoms with Gasteiger partial charge in [-0.25, -0.2) is 0 Å². The van der Waals surface area contributed by atoms with E-state index >= 15 is 0 Å². The molecule has 0 N–H and O–H groups in total. The zero-order valence-electron chi connectivity index (χ0n) is 11.4. The molecule has 0 aliphatic heterocycles. The van der Waals surface area contributed by atoms with E-state index in [0.29, 0.717) is 17.4 Å². The molecule has 0 spiro atoms. The van der Waals surface area contributed by atoms with Crippen molar-refractivity contribution in [3.05, 3.63) is 58.6 Å². The van der Waals surface area contributed by atoms with Crippen molar-refractivity contribution in [2.24, 2.45) is 0 Å². The van der Waals surface area contributed by atoms with Gasteiger partial charge in [-0.3, -0.25) is 0 Å². The molecule has 2 aromatic carbocycles. The zero-order valence-corrected chi connectivity index (χ0v) is 12.9. The number of halogens is 2. The van der Waals surface area contributed by atoms with Crippen molar-refractivity contribution in [3.63, 3.8) is 0 Å². The van der Waals surface area contributed by atoms with Crippen LogP contribution in [0.4, 0.5) is 0 Å². The third-order valence-electron chi connectivity index (χ3n) is 2.96. The normalized spacial score (nSPS) is 12.0. The van der Waals surface area contributed by atoms with Crippen LogP contribution < -0.4 is 9.47 Å². The summed E-state index contributed by atoms with van der Waals surface area (Å²) in [6, 6.07) is 13.3. The first-order chi connectivity index (χ1) is 9.67. The molecule has 1 unspecified atom stereocenters. The summed E-state index contributed by atoms with van der Waals surface area (Å²) < 4.78 is 10.8. The summed E-state index contributed by atoms with van der Waals surface area (Å²) in [5.74, 6) is 1.43. The van der Waals surface area contributed by atoms with Crippen LogP contribution >= 0.6 is 23.2 Å². The van der Waals surface area contributed by atoms with Crippen molar-refractivity contribution in [1.82, 2.24) is 0 Å². The lowest BCUT2D eigenvalue weighted by Crippen LogP contribution is -2.00. The van der Waals surface area contributed by atoms with Gasteiger partial charge in [0.05, 0.1) is 24.1 Å². The molecule has 2 aromatic rings. The lowest BCUT2D eigenvalue weighted by atomic mass is 10.0. The lowest BCUT2D eigenvalue weighted by Gasteiger charge is -2.16. The zero-order chi connectivity index (χ0) is 14.5. The highest BCUT2D eigenvalue weighted by Crippen LogP contribution is 2.37. The summed E-state index contributed by atoms with van der Waals surface area (Å²) in [6.45, 7) is 2.55. The highest BCUT2D eigenvalue weighted by atomic mass is 35.5. The van der Waals surface area contributed by atoms with Crippen LogP contribution in [0, 0.1) is 0 Å². The number of rotatable bonds is 5. The molecule has 4 heteroatoms. The Labute approximate surface area is 129 Å². The highest BCUT2D eigenvalue weighted by Gasteiger charge is 2.16. The second kappa shape index (κ2) is 6.87. The Morgan fingerprint density at radius 3 is 2.50 bits per heavy atom. The van der Waals surface area contributed by atoms with Crippen molar-refractivity contribution >= 4 is 23.2 Å². The Hall–Kier alpha value is -1.38. The Kier molecular flexibility index (Phi) is 5.16. The predicted octanol–water partition coefficient (Wildman–Crippen LogP) is 5.08. The van der Waals surface area contributed by atoms with Gasteiger partial charge in [0.25, 0.3) is 0 Å². The van der Waals surface area contributed by atoms with Crippen molar-refractivity contribution in [2.45, 2.75) is 12.3 Å². The molecule has 0 saturated heterocycles. The van der Waals surface area contributed by atoms with Crippen LogP contribution in [0.25, 0.3) is 0 Å². The number of methoxy groups -OCH3 is 1. The quantitative estimate of drug-likeness (QED) is 0.717. The molecule has 0 amide bonds. The summed E-state index contributed by atoms with van der Waals surface area (Å²) in [5.41, 5.74) is 1.84. The fourth-order valence-electron chi connectivity index (χ4n) is 2.00. The van der Waals surface area contributed by atoms with E-state index in [-0.39, 0.29) is 5.38 Å². The van der Waals surface area contributed by atoms with E-state index in [1.54, 1.807) is 7.11 Å². The van der Waals surface area contributed by atoms with Crippen LogP contribution in [-0.2, 0) is 0 Å². The van der Waals surface area contributed by atoms with Gasteiger partial charge in [-0.2, -0.15) is 0 Å². The van der Waals surface area contributed by atoms with Gasteiger partial charge in [-0.15, -0.1) is 11.6 Å². The molecule has 0 bridgehead atoms. The van der Waals surface area contributed by atoms with Crippen LogP contribution in [0.1, 0.15) is 23.4 Å². The van der Waals surface area contributed by atoms with Gasteiger partial charge in [-0.05, 0) is 30.7 Å². The second-order valence-electron chi connectivity index (χ2n) is 4.23. The summed E-state index contributed by atoms with van der Waals surface area (Å²) >= 11 is 12.7. The van der Waals surface area contributed by atoms with E-state index in [2.05, 4.69) is 0 Å². The minimum Gasteiger partial charge on any atom is -0.495 e. The molecule has 0 fully saturated rings. The van der Waals surface area contributed by atoms with Gasteiger partial charge in [-0.1, -0.05) is 35.9 Å². The third-order valence-corrected chi connectivity index (χ3v) is 3.74. The summed E-state index contributed by atoms with van der Waals surface area (Å²) in [7, 11) is 1.59. The third kappa shape index (κ3) is 3.20. The van der Waals surface area contributed by atoms with Crippen molar-refractivity contribution < 1.29 is 9.47 Å². The number of hydrogen-bond acceptors (Lipinski definition) is 2. The largest absolute Gasteiger partial charge is 0.495 e. The molecule has 0 radical (unpaired) electrons. The number of hydrogen-bond donors (Lipinski definition) is 0. The van der Waals surface area contributed by atoms with Crippen LogP contribution in [0.3, 0.4) is 0 Å². The van der Waals surface area contributed by atoms with Crippen molar-refractivity contribution in [2.75, 3.05) is 13.7 Å². The maximum Gasteiger partial charge on any atom is 0.137 e. The van der Waals surface area contributed by atoms with Crippen LogP contribution in [0.2, 0.25) is 5.02 Å². The van der Waals surface area contributed by atoms with E-state index in [0.717, 1.165) is 16.9 Å². The number of alkyl halides is 1. The summed E-state index contributed by atoms with van der Waals surface area (Å²) in [6.07, 6.45) is 0. The number of para-hydroxylation sites is 1. The van der Waals surface area contributed by atoms with Gasteiger partial charge in [0.15, 0.2) is 0 Å². The molecule has 0 aliphatic rings. The Balaban J connectivity index is 2.36. The Bertz CT molecular complexity index is 584. The second-order valence-corrected chi connectivity index (χ2v) is 5.07. The van der Waals surface area contributed by atoms with Crippen LogP contribution in [0.5, 0.6) is 11.5 Å². The minimum atomic E-state index is -0.318. The average molecular weight is 311 g/mol. The number of ether oxygens (including phenoxy) is 2. The fourth-order valence-corrected chi connectivity index (χ4v) is 2.58. The van der Waals surface area contributed by atoms with E-state index < -0.39 is 0 Å². The molecule has 106 valence electrons. The average Bonchev–Trinajstić information content (AvgIpc) is 2.47. The summed E-state index contributed by atoms with van der Waals surface area (Å²) in [4.78, 5) is 0. The molecule has 0 aromatic heterocycles. The molecule has 1 atom stereocenters. The standard InChI is InChI=1S/C16H16Cl2O2/c1-3-20-14-7-5-4-6-12(14)16(18)11-8-9-15(19-2)13(17)10-11/h4-10,16H,3H2,1-2H3. The fraction of sp³-hybridized carbons (Fsp3) is 0.250. The first-order valence-electron chi connectivity index (χ1n) is 6.36. The Morgan fingerprint density at radius 1 is 1.10 bits per heavy atom. The predicted molar refractivity (Wildman–Crippen MR) is 83.3 cm³/mol. The first-order valence-corrected chi connectivity index (χ1v) is 7.18. The molecular weight excluding hydrogens is 295 g/mol. The van der Waals surface area contributed by atoms with Gasteiger partial charge in [0, 0.05) is 5.56 Å². The summed E-state index contributed by atoms with van der Waals surface area (Å²) in [5, 5.41) is 0.227. The van der Waals surface area contributed by atoms with Crippen LogP contribution in [0.15, 0.2) is 42.5 Å². The van der Waals surface area contributed by atoms with E-state index in [1.165, 1.54) is 0 Å². The monoisotopic (exact) mass is 310 g/mol. The number of benzene rings is 2. The van der Waals surface area contributed by atoms with Gasteiger partial charge in [0.2, 0.25) is 0 Å². The molecule has 0 aliphatic carbocycles. The maximum absolute atomic E-state index is 6.56. The molecular formula is C16H16Cl2O2.